The minimum Gasteiger partial charge on any atom is -0.493 e. The van der Waals surface area contributed by atoms with Gasteiger partial charge in [0.1, 0.15) is 6.54 Å². The molecular formula is C25H24ClN3O7S. The van der Waals surface area contributed by atoms with E-state index in [4.69, 9.17) is 25.8 Å². The lowest BCUT2D eigenvalue weighted by atomic mass is 10.2. The number of ether oxygens (including phenoxy) is 3. The van der Waals surface area contributed by atoms with E-state index in [-0.39, 0.29) is 17.4 Å². The topological polar surface area (TPSA) is 114 Å². The predicted octanol–water partition coefficient (Wildman–Crippen LogP) is 3.26. The van der Waals surface area contributed by atoms with Gasteiger partial charge in [0.05, 0.1) is 25.2 Å². The first kappa shape index (κ1) is 26.5. The zero-order valence-electron chi connectivity index (χ0n) is 19.9. The smallest absolute Gasteiger partial charge is 0.294 e. The van der Waals surface area contributed by atoms with Crippen LogP contribution in [0.25, 0.3) is 6.08 Å². The zero-order valence-corrected chi connectivity index (χ0v) is 21.5. The lowest BCUT2D eigenvalue weighted by molar-refractivity contribution is -0.137. The summed E-state index contributed by atoms with van der Waals surface area (Å²) in [5.74, 6) is -0.523. The number of halogens is 1. The Bertz CT molecular complexity index is 1250. The molecule has 0 saturated carbocycles. The number of rotatable bonds is 8. The lowest BCUT2D eigenvalue weighted by Crippen LogP contribution is -2.43. The molecule has 2 aliphatic heterocycles. The van der Waals surface area contributed by atoms with Crippen molar-refractivity contribution in [1.29, 1.82) is 0 Å². The van der Waals surface area contributed by atoms with Gasteiger partial charge in [0.25, 0.3) is 17.1 Å². The van der Waals surface area contributed by atoms with Crippen molar-refractivity contribution in [3.05, 3.63) is 58.0 Å². The van der Waals surface area contributed by atoms with E-state index in [1.807, 2.05) is 0 Å². The average Bonchev–Trinajstić information content (AvgIpc) is 3.15. The highest BCUT2D eigenvalue weighted by Crippen LogP contribution is 2.34. The number of anilines is 1. The normalized spacial score (nSPS) is 16.8. The number of nitrogens with one attached hydrogen (secondary N) is 1. The van der Waals surface area contributed by atoms with Crippen LogP contribution < -0.4 is 14.8 Å². The first-order chi connectivity index (χ1) is 17.8. The van der Waals surface area contributed by atoms with Gasteiger partial charge < -0.3 is 24.4 Å². The molecule has 1 N–H and O–H groups in total. The molecule has 0 aromatic heterocycles. The molecule has 2 aliphatic rings. The number of benzene rings is 2. The molecule has 0 atom stereocenters. The SMILES string of the molecule is COc1cc(/C=C2\SC(=O)N(CC(=O)Nc3cccc(Cl)c3)C2=O)ccc1OCC(=O)N1CCOCC1. The third kappa shape index (κ3) is 6.82. The molecule has 194 valence electrons. The zero-order chi connectivity index (χ0) is 26.4. The van der Waals surface area contributed by atoms with E-state index in [2.05, 4.69) is 5.32 Å². The monoisotopic (exact) mass is 545 g/mol. The molecule has 2 fully saturated rings. The van der Waals surface area contributed by atoms with Gasteiger partial charge in [0.15, 0.2) is 18.1 Å². The number of carbonyl (C=O) groups is 4. The molecule has 2 aromatic rings. The van der Waals surface area contributed by atoms with Crippen LogP contribution in [0.2, 0.25) is 5.02 Å². The molecular weight excluding hydrogens is 522 g/mol. The Kier molecular flexibility index (Phi) is 8.70. The standard InChI is InChI=1S/C25H24ClN3O7S/c1-34-20-11-16(5-6-19(20)36-15-23(31)28-7-9-35-10-8-28)12-21-24(32)29(25(33)37-21)14-22(30)27-18-4-2-3-17(26)13-18/h2-6,11-13H,7-10,14-15H2,1H3,(H,27,30)/b21-12-. The molecule has 4 rings (SSSR count). The highest BCUT2D eigenvalue weighted by molar-refractivity contribution is 8.18. The van der Waals surface area contributed by atoms with Crippen LogP contribution in [0.5, 0.6) is 11.5 Å². The largest absolute Gasteiger partial charge is 0.493 e. The van der Waals surface area contributed by atoms with E-state index < -0.39 is 23.6 Å². The number of thioether (sulfide) groups is 1. The van der Waals surface area contributed by atoms with E-state index in [9.17, 15) is 19.2 Å². The minimum absolute atomic E-state index is 0.147. The molecule has 12 heteroatoms. The molecule has 0 bridgehead atoms. The number of imide groups is 1. The van der Waals surface area contributed by atoms with Crippen molar-refractivity contribution >= 4 is 58.1 Å². The van der Waals surface area contributed by atoms with Crippen LogP contribution in [0.1, 0.15) is 5.56 Å². The molecule has 4 amide bonds. The quantitative estimate of drug-likeness (QED) is 0.503. The molecule has 2 saturated heterocycles. The Balaban J connectivity index is 1.39. The van der Waals surface area contributed by atoms with Crippen LogP contribution in [-0.4, -0.2) is 79.3 Å². The van der Waals surface area contributed by atoms with Gasteiger partial charge in [0.2, 0.25) is 5.91 Å². The van der Waals surface area contributed by atoms with Gasteiger partial charge in [-0.25, -0.2) is 0 Å². The van der Waals surface area contributed by atoms with Crippen molar-refractivity contribution in [2.75, 3.05) is 51.9 Å². The summed E-state index contributed by atoms with van der Waals surface area (Å²) < 4.78 is 16.3. The summed E-state index contributed by atoms with van der Waals surface area (Å²) in [7, 11) is 1.46. The summed E-state index contributed by atoms with van der Waals surface area (Å²) in [5, 5.41) is 2.51. The first-order valence-corrected chi connectivity index (χ1v) is 12.5. The Morgan fingerprint density at radius 2 is 1.92 bits per heavy atom. The van der Waals surface area contributed by atoms with Crippen LogP contribution in [0.15, 0.2) is 47.4 Å². The summed E-state index contributed by atoms with van der Waals surface area (Å²) in [4.78, 5) is 52.7. The van der Waals surface area contributed by atoms with Crippen molar-refractivity contribution in [2.24, 2.45) is 0 Å². The fraction of sp³-hybridized carbons (Fsp3) is 0.280. The number of hydrogen-bond donors (Lipinski definition) is 1. The van der Waals surface area contributed by atoms with Gasteiger partial charge >= 0.3 is 0 Å². The summed E-state index contributed by atoms with van der Waals surface area (Å²) in [5.41, 5.74) is 1.04. The van der Waals surface area contributed by atoms with E-state index in [0.717, 1.165) is 16.7 Å². The fourth-order valence-corrected chi connectivity index (χ4v) is 4.66. The number of methoxy groups -OCH3 is 1. The van der Waals surface area contributed by atoms with Gasteiger partial charge in [-0.2, -0.15) is 0 Å². The maximum Gasteiger partial charge on any atom is 0.294 e. The van der Waals surface area contributed by atoms with Gasteiger partial charge in [-0.15, -0.1) is 0 Å². The van der Waals surface area contributed by atoms with Crippen LogP contribution in [-0.2, 0) is 19.1 Å². The van der Waals surface area contributed by atoms with Crippen LogP contribution in [0.4, 0.5) is 10.5 Å². The van der Waals surface area contributed by atoms with Gasteiger partial charge in [-0.3, -0.25) is 24.1 Å². The molecule has 10 nitrogen and oxygen atoms in total. The number of carbonyl (C=O) groups excluding carboxylic acids is 4. The average molecular weight is 546 g/mol. The van der Waals surface area contributed by atoms with Crippen LogP contribution in [0.3, 0.4) is 0 Å². The molecule has 0 unspecified atom stereocenters. The molecule has 2 aromatic carbocycles. The van der Waals surface area contributed by atoms with Crippen molar-refractivity contribution in [3.63, 3.8) is 0 Å². The van der Waals surface area contributed by atoms with E-state index in [0.29, 0.717) is 54.1 Å². The van der Waals surface area contributed by atoms with Crippen molar-refractivity contribution in [1.82, 2.24) is 9.80 Å². The first-order valence-electron chi connectivity index (χ1n) is 11.3. The Morgan fingerprint density at radius 3 is 2.65 bits per heavy atom. The second-order valence-electron chi connectivity index (χ2n) is 8.02. The summed E-state index contributed by atoms with van der Waals surface area (Å²) in [6, 6.07) is 11.5. The molecule has 37 heavy (non-hydrogen) atoms. The van der Waals surface area contributed by atoms with Gasteiger partial charge in [-0.1, -0.05) is 23.7 Å². The Hall–Kier alpha value is -3.54. The van der Waals surface area contributed by atoms with Crippen LogP contribution >= 0.6 is 23.4 Å². The second-order valence-corrected chi connectivity index (χ2v) is 9.45. The minimum atomic E-state index is -0.577. The highest BCUT2D eigenvalue weighted by atomic mass is 35.5. The second kappa shape index (κ2) is 12.1. The predicted molar refractivity (Wildman–Crippen MR) is 139 cm³/mol. The number of amides is 4. The lowest BCUT2D eigenvalue weighted by Gasteiger charge is -2.26. The Morgan fingerprint density at radius 1 is 1.14 bits per heavy atom. The van der Waals surface area contributed by atoms with Crippen molar-refractivity contribution in [3.8, 4) is 11.5 Å². The maximum absolute atomic E-state index is 12.8. The number of nitrogens with zero attached hydrogens (tertiary/aromatic N) is 2. The molecule has 0 aliphatic carbocycles. The van der Waals surface area contributed by atoms with Gasteiger partial charge in [-0.05, 0) is 53.7 Å². The highest BCUT2D eigenvalue weighted by Gasteiger charge is 2.36. The third-order valence-electron chi connectivity index (χ3n) is 5.48. The summed E-state index contributed by atoms with van der Waals surface area (Å²) in [6.45, 7) is 1.47. The maximum atomic E-state index is 12.8. The van der Waals surface area contributed by atoms with Crippen molar-refractivity contribution < 1.29 is 33.4 Å². The fourth-order valence-electron chi connectivity index (χ4n) is 3.63. The molecule has 2 heterocycles. The van der Waals surface area contributed by atoms with Crippen LogP contribution in [0, 0.1) is 0 Å². The Labute approximate surface area is 222 Å². The van der Waals surface area contributed by atoms with Crippen molar-refractivity contribution in [2.45, 2.75) is 0 Å². The number of morpholine rings is 1. The summed E-state index contributed by atoms with van der Waals surface area (Å²) >= 11 is 6.66. The summed E-state index contributed by atoms with van der Waals surface area (Å²) in [6.07, 6.45) is 1.53. The number of hydrogen-bond acceptors (Lipinski definition) is 8. The van der Waals surface area contributed by atoms with Gasteiger partial charge in [0, 0.05) is 23.8 Å². The van der Waals surface area contributed by atoms with E-state index >= 15 is 0 Å². The third-order valence-corrected chi connectivity index (χ3v) is 6.63. The van der Waals surface area contributed by atoms with E-state index in [1.54, 1.807) is 47.4 Å². The molecule has 0 radical (unpaired) electrons. The van der Waals surface area contributed by atoms with E-state index in [1.165, 1.54) is 13.2 Å². The molecule has 0 spiro atoms.